The largest absolute Gasteiger partial charge is 0.354 e. The summed E-state index contributed by atoms with van der Waals surface area (Å²) < 4.78 is 41.6. The second-order valence-corrected chi connectivity index (χ2v) is 10.1. The number of carbonyl (C=O) groups is 1. The molecule has 0 atom stereocenters. The van der Waals surface area contributed by atoms with Crippen molar-refractivity contribution in [2.45, 2.75) is 30.4 Å². The number of nitrogens with zero attached hydrogens (tertiary/aromatic N) is 3. The van der Waals surface area contributed by atoms with E-state index in [0.29, 0.717) is 23.3 Å². The summed E-state index contributed by atoms with van der Waals surface area (Å²) in [6.07, 6.45) is 0. The van der Waals surface area contributed by atoms with Gasteiger partial charge in [0, 0.05) is 24.4 Å². The van der Waals surface area contributed by atoms with Gasteiger partial charge in [-0.3, -0.25) is 9.89 Å². The summed E-state index contributed by atoms with van der Waals surface area (Å²) >= 11 is 1.36. The molecule has 2 aromatic carbocycles. The molecular formula is C21H24FN5O3S2. The van der Waals surface area contributed by atoms with Gasteiger partial charge in [-0.05, 0) is 32.0 Å². The lowest BCUT2D eigenvalue weighted by Gasteiger charge is -2.22. The zero-order chi connectivity index (χ0) is 23.1. The van der Waals surface area contributed by atoms with E-state index >= 15 is 0 Å². The Morgan fingerprint density at radius 1 is 1.16 bits per heavy atom. The molecule has 0 radical (unpaired) electrons. The predicted molar refractivity (Wildman–Crippen MR) is 120 cm³/mol. The summed E-state index contributed by atoms with van der Waals surface area (Å²) in [5, 5.41) is 10.0. The van der Waals surface area contributed by atoms with Crippen molar-refractivity contribution < 1.29 is 17.6 Å². The minimum absolute atomic E-state index is 0.0442. The average molecular weight is 478 g/mol. The first-order chi connectivity index (χ1) is 15.3. The maximum atomic E-state index is 14.2. The number of halogens is 1. The number of hydrogen-bond donors (Lipinski definition) is 2. The highest BCUT2D eigenvalue weighted by Gasteiger charge is 2.27. The molecule has 3 rings (SSSR count). The van der Waals surface area contributed by atoms with Gasteiger partial charge in [-0.15, -0.1) is 5.10 Å². The van der Waals surface area contributed by atoms with Crippen molar-refractivity contribution >= 4 is 27.7 Å². The van der Waals surface area contributed by atoms with Crippen LogP contribution in [0.3, 0.4) is 0 Å². The molecule has 0 aliphatic rings. The van der Waals surface area contributed by atoms with Gasteiger partial charge in [-0.2, -0.15) is 4.31 Å². The van der Waals surface area contributed by atoms with Crippen molar-refractivity contribution in [1.29, 1.82) is 0 Å². The van der Waals surface area contributed by atoms with Crippen molar-refractivity contribution in [2.75, 3.05) is 18.8 Å². The van der Waals surface area contributed by atoms with Crippen LogP contribution in [-0.2, 0) is 21.4 Å². The molecule has 0 spiro atoms. The summed E-state index contributed by atoms with van der Waals surface area (Å²) in [5.41, 5.74) is 1.09. The zero-order valence-corrected chi connectivity index (χ0v) is 19.3. The number of nitrogens with one attached hydrogen (secondary N) is 2. The van der Waals surface area contributed by atoms with E-state index in [4.69, 9.17) is 0 Å². The van der Waals surface area contributed by atoms with Crippen LogP contribution in [-0.4, -0.2) is 52.7 Å². The summed E-state index contributed by atoms with van der Waals surface area (Å²) in [4.78, 5) is 16.7. The first kappa shape index (κ1) is 23.9. The van der Waals surface area contributed by atoms with Gasteiger partial charge in [0.25, 0.3) is 0 Å². The number of hydrogen-bond acceptors (Lipinski definition) is 6. The van der Waals surface area contributed by atoms with Crippen LogP contribution in [0.2, 0.25) is 0 Å². The molecule has 0 bridgehead atoms. The molecule has 170 valence electrons. The number of sulfonamides is 1. The molecule has 0 fully saturated rings. The number of thioether (sulfide) groups is 1. The molecule has 11 heteroatoms. The van der Waals surface area contributed by atoms with Crippen LogP contribution in [0.1, 0.15) is 17.0 Å². The number of aromatic amines is 1. The Labute approximate surface area is 190 Å². The van der Waals surface area contributed by atoms with Gasteiger partial charge in [-0.25, -0.2) is 17.8 Å². The Morgan fingerprint density at radius 3 is 2.53 bits per heavy atom. The van der Waals surface area contributed by atoms with Crippen LogP contribution in [0.15, 0.2) is 58.6 Å². The fourth-order valence-corrected chi connectivity index (χ4v) is 4.91. The summed E-state index contributed by atoms with van der Waals surface area (Å²) in [6.45, 7) is 3.24. The number of rotatable bonds is 10. The second-order valence-electron chi connectivity index (χ2n) is 7.08. The fraction of sp³-hybridized carbons (Fsp3) is 0.286. The van der Waals surface area contributed by atoms with E-state index in [1.807, 2.05) is 6.92 Å². The molecule has 1 heterocycles. The van der Waals surface area contributed by atoms with E-state index in [1.165, 1.54) is 42.1 Å². The molecule has 0 saturated heterocycles. The van der Waals surface area contributed by atoms with Crippen LogP contribution in [0.25, 0.3) is 0 Å². The van der Waals surface area contributed by atoms with E-state index in [1.54, 1.807) is 25.1 Å². The summed E-state index contributed by atoms with van der Waals surface area (Å²) in [7, 11) is -4.02. The van der Waals surface area contributed by atoms with E-state index in [-0.39, 0.29) is 17.0 Å². The van der Waals surface area contributed by atoms with Crippen LogP contribution in [0.5, 0.6) is 0 Å². The highest BCUT2D eigenvalue weighted by atomic mass is 32.2. The quantitative estimate of drug-likeness (QED) is 0.343. The monoisotopic (exact) mass is 477 g/mol. The molecule has 1 aromatic heterocycles. The SMILES string of the molecule is Cc1ccc(S(=O)(=O)N(CC(=O)NCCSc2n[nH]c(C)n2)Cc2ccccc2F)cc1. The van der Waals surface area contributed by atoms with E-state index in [0.717, 1.165) is 9.87 Å². The molecule has 0 saturated carbocycles. The average Bonchev–Trinajstić information content (AvgIpc) is 3.17. The van der Waals surface area contributed by atoms with Gasteiger partial charge in [0.05, 0.1) is 11.4 Å². The number of aromatic nitrogens is 3. The summed E-state index contributed by atoms with van der Waals surface area (Å²) in [5.74, 6) is 0.196. The second kappa shape index (κ2) is 10.7. The zero-order valence-electron chi connectivity index (χ0n) is 17.7. The first-order valence-corrected chi connectivity index (χ1v) is 12.3. The standard InChI is InChI=1S/C21H24FN5O3S2/c1-15-7-9-18(10-8-15)32(29,30)27(13-17-5-3-4-6-19(17)22)14-20(28)23-11-12-31-21-24-16(2)25-26-21/h3-10H,11-14H2,1-2H3,(H,23,28)(H,24,25,26). The van der Waals surface area contributed by atoms with Gasteiger partial charge in [-0.1, -0.05) is 47.7 Å². The lowest BCUT2D eigenvalue weighted by atomic mass is 10.2. The molecule has 8 nitrogen and oxygen atoms in total. The number of carbonyl (C=O) groups excluding carboxylic acids is 1. The number of amides is 1. The summed E-state index contributed by atoms with van der Waals surface area (Å²) in [6, 6.07) is 12.2. The number of aryl methyl sites for hydroxylation is 2. The van der Waals surface area contributed by atoms with Gasteiger partial charge in [0.1, 0.15) is 11.6 Å². The molecule has 0 aliphatic heterocycles. The van der Waals surface area contributed by atoms with Crippen molar-refractivity contribution in [1.82, 2.24) is 24.8 Å². The Bertz CT molecular complexity index is 1170. The molecule has 3 aromatic rings. The van der Waals surface area contributed by atoms with Gasteiger partial charge < -0.3 is 5.32 Å². The molecule has 0 unspecified atom stereocenters. The Kier molecular flexibility index (Phi) is 7.99. The third-order valence-electron chi connectivity index (χ3n) is 4.52. The van der Waals surface area contributed by atoms with Crippen molar-refractivity contribution in [3.05, 3.63) is 71.3 Å². The first-order valence-electron chi connectivity index (χ1n) is 9.84. The molecule has 1 amide bonds. The van der Waals surface area contributed by atoms with Crippen molar-refractivity contribution in [3.8, 4) is 0 Å². The van der Waals surface area contributed by atoms with Crippen molar-refractivity contribution in [2.24, 2.45) is 0 Å². The number of benzene rings is 2. The smallest absolute Gasteiger partial charge is 0.243 e. The molecule has 2 N–H and O–H groups in total. The van der Waals surface area contributed by atoms with Crippen LogP contribution >= 0.6 is 11.8 Å². The molecular weight excluding hydrogens is 453 g/mol. The maximum absolute atomic E-state index is 14.2. The maximum Gasteiger partial charge on any atom is 0.243 e. The van der Waals surface area contributed by atoms with Crippen LogP contribution in [0.4, 0.5) is 4.39 Å². The minimum Gasteiger partial charge on any atom is -0.354 e. The molecule has 32 heavy (non-hydrogen) atoms. The van der Waals surface area contributed by atoms with Crippen LogP contribution in [0, 0.1) is 19.7 Å². The Morgan fingerprint density at radius 2 is 1.88 bits per heavy atom. The van der Waals surface area contributed by atoms with E-state index in [9.17, 15) is 17.6 Å². The minimum atomic E-state index is -4.02. The topological polar surface area (TPSA) is 108 Å². The van der Waals surface area contributed by atoms with E-state index < -0.39 is 28.3 Å². The Balaban J connectivity index is 1.69. The predicted octanol–water partition coefficient (Wildman–Crippen LogP) is 2.66. The molecule has 0 aliphatic carbocycles. The van der Waals surface area contributed by atoms with Crippen LogP contribution < -0.4 is 5.32 Å². The third-order valence-corrected chi connectivity index (χ3v) is 7.17. The lowest BCUT2D eigenvalue weighted by Crippen LogP contribution is -2.41. The van der Waals surface area contributed by atoms with Crippen molar-refractivity contribution in [3.63, 3.8) is 0 Å². The highest BCUT2D eigenvalue weighted by Crippen LogP contribution is 2.20. The number of H-pyrrole nitrogens is 1. The lowest BCUT2D eigenvalue weighted by molar-refractivity contribution is -0.121. The fourth-order valence-electron chi connectivity index (χ4n) is 2.84. The third kappa shape index (κ3) is 6.38. The normalized spacial score (nSPS) is 11.6. The van der Waals surface area contributed by atoms with E-state index in [2.05, 4.69) is 20.5 Å². The van der Waals surface area contributed by atoms with Gasteiger partial charge >= 0.3 is 0 Å². The van der Waals surface area contributed by atoms with Gasteiger partial charge in [0.2, 0.25) is 21.1 Å². The highest BCUT2D eigenvalue weighted by molar-refractivity contribution is 7.99. The van der Waals surface area contributed by atoms with Gasteiger partial charge in [0.15, 0.2) is 0 Å². The Hall–Kier alpha value is -2.76.